The lowest BCUT2D eigenvalue weighted by atomic mass is 10.0. The zero-order chi connectivity index (χ0) is 15.5. The summed E-state index contributed by atoms with van der Waals surface area (Å²) in [5.74, 6) is 0.0255. The van der Waals surface area contributed by atoms with Crippen LogP contribution >= 0.6 is 0 Å². The van der Waals surface area contributed by atoms with E-state index in [-0.39, 0.29) is 12.4 Å². The fourth-order valence-corrected chi connectivity index (χ4v) is 1.82. The van der Waals surface area contributed by atoms with Crippen molar-refractivity contribution >= 4 is 0 Å². The molecule has 0 saturated carbocycles. The normalized spacial score (nSPS) is 11.3. The third-order valence-corrected chi connectivity index (χ3v) is 2.74. The van der Waals surface area contributed by atoms with Gasteiger partial charge in [0.2, 0.25) is 5.88 Å². The second kappa shape index (κ2) is 6.01. The van der Waals surface area contributed by atoms with Gasteiger partial charge in [0, 0.05) is 17.8 Å². The molecule has 0 aliphatic carbocycles. The summed E-state index contributed by atoms with van der Waals surface area (Å²) in [5, 5.41) is 9.30. The maximum Gasteiger partial charge on any atom is 0.573 e. The minimum absolute atomic E-state index is 0.312. The van der Waals surface area contributed by atoms with Crippen molar-refractivity contribution in [3.63, 3.8) is 0 Å². The fourth-order valence-electron chi connectivity index (χ4n) is 1.82. The molecule has 1 N–H and O–H groups in total. The number of aliphatic hydroxyl groups is 1. The molecule has 0 radical (unpaired) electrons. The lowest BCUT2D eigenvalue weighted by Gasteiger charge is -2.13. The molecule has 7 heteroatoms. The van der Waals surface area contributed by atoms with Gasteiger partial charge in [-0.2, -0.15) is 0 Å². The smallest absolute Gasteiger partial charge is 0.481 e. The van der Waals surface area contributed by atoms with Crippen molar-refractivity contribution in [2.75, 3.05) is 7.11 Å². The topological polar surface area (TPSA) is 51.6 Å². The van der Waals surface area contributed by atoms with Gasteiger partial charge in [0.05, 0.1) is 13.7 Å². The summed E-state index contributed by atoms with van der Waals surface area (Å²) in [5.41, 5.74) is 1.43. The SMILES string of the molecule is COc1ccc(-c2cc(OC(F)(F)F)ccc2CO)cn1. The Hall–Kier alpha value is -2.28. The summed E-state index contributed by atoms with van der Waals surface area (Å²) >= 11 is 0. The van der Waals surface area contributed by atoms with Crippen LogP contribution in [0.25, 0.3) is 11.1 Å². The molecule has 0 aliphatic rings. The van der Waals surface area contributed by atoms with Crippen LogP contribution in [0.1, 0.15) is 5.56 Å². The Balaban J connectivity index is 2.41. The maximum atomic E-state index is 12.3. The highest BCUT2D eigenvalue weighted by atomic mass is 19.4. The van der Waals surface area contributed by atoms with Crippen LogP contribution in [0.15, 0.2) is 36.5 Å². The molecule has 4 nitrogen and oxygen atoms in total. The highest BCUT2D eigenvalue weighted by molar-refractivity contribution is 5.68. The number of aromatic nitrogens is 1. The minimum atomic E-state index is -4.77. The van der Waals surface area contributed by atoms with Crippen molar-refractivity contribution in [1.82, 2.24) is 4.98 Å². The monoisotopic (exact) mass is 299 g/mol. The Morgan fingerprint density at radius 2 is 1.95 bits per heavy atom. The van der Waals surface area contributed by atoms with Crippen molar-refractivity contribution in [1.29, 1.82) is 0 Å². The van der Waals surface area contributed by atoms with Gasteiger partial charge in [-0.25, -0.2) is 4.98 Å². The summed E-state index contributed by atoms with van der Waals surface area (Å²) < 4.78 is 45.6. The van der Waals surface area contributed by atoms with E-state index in [0.29, 0.717) is 22.6 Å². The predicted molar refractivity (Wildman–Crippen MR) is 68.8 cm³/mol. The van der Waals surface area contributed by atoms with Gasteiger partial charge < -0.3 is 14.6 Å². The summed E-state index contributed by atoms with van der Waals surface area (Å²) in [4.78, 5) is 3.99. The van der Waals surface area contributed by atoms with Crippen LogP contribution in [-0.4, -0.2) is 23.6 Å². The van der Waals surface area contributed by atoms with E-state index in [4.69, 9.17) is 4.74 Å². The number of ether oxygens (including phenoxy) is 2. The molecule has 0 unspecified atom stereocenters. The first-order valence-corrected chi connectivity index (χ1v) is 5.93. The van der Waals surface area contributed by atoms with Gasteiger partial charge in [-0.3, -0.25) is 0 Å². The number of hydrogen-bond acceptors (Lipinski definition) is 4. The van der Waals surface area contributed by atoms with E-state index in [2.05, 4.69) is 9.72 Å². The molecule has 1 aromatic heterocycles. The number of halogens is 3. The lowest BCUT2D eigenvalue weighted by molar-refractivity contribution is -0.274. The molecule has 0 atom stereocenters. The van der Waals surface area contributed by atoms with Crippen molar-refractivity contribution in [2.24, 2.45) is 0 Å². The number of rotatable bonds is 4. The van der Waals surface area contributed by atoms with Gasteiger partial charge in [-0.05, 0) is 29.3 Å². The maximum absolute atomic E-state index is 12.3. The molecule has 21 heavy (non-hydrogen) atoms. The molecule has 0 saturated heterocycles. The minimum Gasteiger partial charge on any atom is -0.481 e. The molecule has 2 aromatic rings. The molecule has 2 rings (SSSR count). The Morgan fingerprint density at radius 1 is 1.19 bits per heavy atom. The summed E-state index contributed by atoms with van der Waals surface area (Å²) in [6.07, 6.45) is -3.32. The molecule has 0 bridgehead atoms. The number of pyridine rings is 1. The number of hydrogen-bond donors (Lipinski definition) is 1. The molecular weight excluding hydrogens is 287 g/mol. The molecule has 0 aliphatic heterocycles. The Labute approximate surface area is 118 Å². The average molecular weight is 299 g/mol. The third kappa shape index (κ3) is 3.85. The zero-order valence-electron chi connectivity index (χ0n) is 11.0. The second-order valence-corrected chi connectivity index (χ2v) is 4.11. The third-order valence-electron chi connectivity index (χ3n) is 2.74. The first-order valence-electron chi connectivity index (χ1n) is 5.93. The molecule has 0 fully saturated rings. The van der Waals surface area contributed by atoms with Crippen LogP contribution in [0.5, 0.6) is 11.6 Å². The van der Waals surface area contributed by atoms with Gasteiger partial charge >= 0.3 is 6.36 Å². The first kappa shape index (κ1) is 15.1. The Bertz CT molecular complexity index is 612. The van der Waals surface area contributed by atoms with Crippen molar-refractivity contribution in [3.05, 3.63) is 42.1 Å². The van der Waals surface area contributed by atoms with Crippen LogP contribution in [-0.2, 0) is 6.61 Å². The van der Waals surface area contributed by atoms with Crippen LogP contribution < -0.4 is 9.47 Å². The molecule has 1 aromatic carbocycles. The Morgan fingerprint density at radius 3 is 2.48 bits per heavy atom. The van der Waals surface area contributed by atoms with Gasteiger partial charge in [0.25, 0.3) is 0 Å². The van der Waals surface area contributed by atoms with E-state index in [1.165, 1.54) is 25.4 Å². The van der Waals surface area contributed by atoms with Crippen LogP contribution in [0.2, 0.25) is 0 Å². The molecule has 1 heterocycles. The van der Waals surface area contributed by atoms with Crippen LogP contribution in [0.4, 0.5) is 13.2 Å². The van der Waals surface area contributed by atoms with Crippen molar-refractivity contribution in [2.45, 2.75) is 13.0 Å². The van der Waals surface area contributed by atoms with Crippen molar-refractivity contribution < 1.29 is 27.8 Å². The Kier molecular flexibility index (Phi) is 4.32. The van der Waals surface area contributed by atoms with Gasteiger partial charge in [-0.15, -0.1) is 13.2 Å². The van der Waals surface area contributed by atoms with Gasteiger partial charge in [0.1, 0.15) is 5.75 Å². The largest absolute Gasteiger partial charge is 0.573 e. The second-order valence-electron chi connectivity index (χ2n) is 4.11. The standard InChI is InChI=1S/C14H12F3NO3/c1-20-13-5-3-9(7-18-13)12-6-11(21-14(15,16)17)4-2-10(12)8-19/h2-7,19H,8H2,1H3. The van der Waals surface area contributed by atoms with E-state index in [9.17, 15) is 18.3 Å². The number of nitrogens with zero attached hydrogens (tertiary/aromatic N) is 1. The fraction of sp³-hybridized carbons (Fsp3) is 0.214. The van der Waals surface area contributed by atoms with Crippen LogP contribution in [0.3, 0.4) is 0 Å². The lowest BCUT2D eigenvalue weighted by Crippen LogP contribution is -2.17. The first-order chi connectivity index (χ1) is 9.93. The van der Waals surface area contributed by atoms with E-state index in [1.54, 1.807) is 12.1 Å². The highest BCUT2D eigenvalue weighted by Crippen LogP contribution is 2.31. The predicted octanol–water partition coefficient (Wildman–Crippen LogP) is 3.15. The highest BCUT2D eigenvalue weighted by Gasteiger charge is 2.31. The summed E-state index contributed by atoms with van der Waals surface area (Å²) in [7, 11) is 1.46. The van der Waals surface area contributed by atoms with Crippen molar-refractivity contribution in [3.8, 4) is 22.8 Å². The van der Waals surface area contributed by atoms with E-state index in [0.717, 1.165) is 6.07 Å². The van der Waals surface area contributed by atoms with E-state index < -0.39 is 6.36 Å². The van der Waals surface area contributed by atoms with Gasteiger partial charge in [0.15, 0.2) is 0 Å². The molecule has 112 valence electrons. The zero-order valence-corrected chi connectivity index (χ0v) is 11.0. The van der Waals surface area contributed by atoms with Gasteiger partial charge in [-0.1, -0.05) is 6.07 Å². The van der Waals surface area contributed by atoms with Crippen LogP contribution in [0, 0.1) is 0 Å². The molecule has 0 amide bonds. The summed E-state index contributed by atoms with van der Waals surface area (Å²) in [6, 6.07) is 6.95. The van der Waals surface area contributed by atoms with E-state index in [1.807, 2.05) is 0 Å². The van der Waals surface area contributed by atoms with E-state index >= 15 is 0 Å². The number of aliphatic hydroxyl groups excluding tert-OH is 1. The summed E-state index contributed by atoms with van der Waals surface area (Å²) in [6.45, 7) is -0.312. The average Bonchev–Trinajstić information content (AvgIpc) is 2.45. The number of alkyl halides is 3. The quantitative estimate of drug-likeness (QED) is 0.942. The molecular formula is C14H12F3NO3. The number of methoxy groups -OCH3 is 1. The molecule has 0 spiro atoms. The number of benzene rings is 1.